The number of hydrogen-bond donors (Lipinski definition) is 1. The molecule has 4 atom stereocenters. The van der Waals surface area contributed by atoms with Crippen LogP contribution in [0.1, 0.15) is 72.6 Å². The van der Waals surface area contributed by atoms with E-state index in [1.54, 1.807) is 0 Å². The van der Waals surface area contributed by atoms with E-state index in [2.05, 4.69) is 33.0 Å². The molecular formula is C16H33N. The van der Waals surface area contributed by atoms with Crippen molar-refractivity contribution >= 4 is 0 Å². The van der Waals surface area contributed by atoms with Crippen LogP contribution in [0.2, 0.25) is 0 Å². The van der Waals surface area contributed by atoms with E-state index >= 15 is 0 Å². The molecule has 1 fully saturated rings. The summed E-state index contributed by atoms with van der Waals surface area (Å²) in [7, 11) is 0. The summed E-state index contributed by atoms with van der Waals surface area (Å²) in [6.07, 6.45) is 9.92. The molecule has 1 heteroatoms. The summed E-state index contributed by atoms with van der Waals surface area (Å²) < 4.78 is 0. The van der Waals surface area contributed by atoms with Crippen LogP contribution >= 0.6 is 0 Å². The SMILES string of the molecule is CCCC(C)CC1CC(CC)CCC1NCC. The predicted octanol–water partition coefficient (Wildman–Crippen LogP) is 4.62. The smallest absolute Gasteiger partial charge is 0.00955 e. The average molecular weight is 239 g/mol. The Labute approximate surface area is 109 Å². The van der Waals surface area contributed by atoms with E-state index in [1.165, 1.54) is 44.9 Å². The van der Waals surface area contributed by atoms with E-state index in [0.29, 0.717) is 0 Å². The highest BCUT2D eigenvalue weighted by molar-refractivity contribution is 4.85. The monoisotopic (exact) mass is 239 g/mol. The Hall–Kier alpha value is -0.0400. The lowest BCUT2D eigenvalue weighted by Crippen LogP contribution is -2.41. The van der Waals surface area contributed by atoms with Gasteiger partial charge in [0, 0.05) is 6.04 Å². The van der Waals surface area contributed by atoms with Crippen molar-refractivity contribution in [2.45, 2.75) is 78.7 Å². The Kier molecular flexibility index (Phi) is 7.18. The van der Waals surface area contributed by atoms with Crippen LogP contribution in [-0.4, -0.2) is 12.6 Å². The minimum absolute atomic E-state index is 0.808. The van der Waals surface area contributed by atoms with Gasteiger partial charge < -0.3 is 5.32 Å². The van der Waals surface area contributed by atoms with Crippen molar-refractivity contribution in [2.75, 3.05) is 6.54 Å². The van der Waals surface area contributed by atoms with Crippen molar-refractivity contribution in [3.05, 3.63) is 0 Å². The lowest BCUT2D eigenvalue weighted by Gasteiger charge is -2.37. The molecule has 0 saturated heterocycles. The van der Waals surface area contributed by atoms with Crippen molar-refractivity contribution in [3.8, 4) is 0 Å². The first kappa shape index (κ1) is 15.0. The maximum absolute atomic E-state index is 3.73. The van der Waals surface area contributed by atoms with Crippen LogP contribution < -0.4 is 5.32 Å². The van der Waals surface area contributed by atoms with Crippen molar-refractivity contribution in [1.29, 1.82) is 0 Å². The third-order valence-corrected chi connectivity index (χ3v) is 4.62. The number of rotatable bonds is 7. The minimum Gasteiger partial charge on any atom is -0.314 e. The molecule has 0 radical (unpaired) electrons. The molecule has 0 heterocycles. The van der Waals surface area contributed by atoms with Crippen molar-refractivity contribution in [2.24, 2.45) is 17.8 Å². The van der Waals surface area contributed by atoms with Gasteiger partial charge in [0.15, 0.2) is 0 Å². The van der Waals surface area contributed by atoms with Gasteiger partial charge in [-0.05, 0) is 50.0 Å². The summed E-state index contributed by atoms with van der Waals surface area (Å²) in [5, 5.41) is 3.73. The normalized spacial score (nSPS) is 31.4. The fourth-order valence-electron chi connectivity index (χ4n) is 3.65. The second-order valence-corrected chi connectivity index (χ2v) is 6.14. The van der Waals surface area contributed by atoms with Crippen LogP contribution in [0.3, 0.4) is 0 Å². The van der Waals surface area contributed by atoms with Gasteiger partial charge in [-0.2, -0.15) is 0 Å². The van der Waals surface area contributed by atoms with Gasteiger partial charge in [0.25, 0.3) is 0 Å². The molecule has 0 bridgehead atoms. The Balaban J connectivity index is 2.47. The summed E-state index contributed by atoms with van der Waals surface area (Å²) in [6.45, 7) is 10.5. The maximum Gasteiger partial charge on any atom is 0.00955 e. The van der Waals surface area contributed by atoms with Gasteiger partial charge in [-0.15, -0.1) is 0 Å². The molecule has 1 N–H and O–H groups in total. The van der Waals surface area contributed by atoms with E-state index in [0.717, 1.165) is 30.3 Å². The molecular weight excluding hydrogens is 206 g/mol. The highest BCUT2D eigenvalue weighted by Gasteiger charge is 2.29. The molecule has 1 aliphatic rings. The van der Waals surface area contributed by atoms with Gasteiger partial charge in [0.2, 0.25) is 0 Å². The predicted molar refractivity (Wildman–Crippen MR) is 77.3 cm³/mol. The summed E-state index contributed by atoms with van der Waals surface area (Å²) in [5.74, 6) is 2.86. The quantitative estimate of drug-likeness (QED) is 0.683. The highest BCUT2D eigenvalue weighted by atomic mass is 14.9. The van der Waals surface area contributed by atoms with Gasteiger partial charge >= 0.3 is 0 Å². The average Bonchev–Trinajstić information content (AvgIpc) is 2.32. The molecule has 1 nitrogen and oxygen atoms in total. The van der Waals surface area contributed by atoms with Crippen LogP contribution in [-0.2, 0) is 0 Å². The van der Waals surface area contributed by atoms with Crippen LogP contribution in [0.4, 0.5) is 0 Å². The second kappa shape index (κ2) is 8.13. The molecule has 1 saturated carbocycles. The zero-order valence-corrected chi connectivity index (χ0v) is 12.5. The number of hydrogen-bond acceptors (Lipinski definition) is 1. The maximum atomic E-state index is 3.73. The summed E-state index contributed by atoms with van der Waals surface area (Å²) in [5.41, 5.74) is 0. The van der Waals surface area contributed by atoms with E-state index in [9.17, 15) is 0 Å². The van der Waals surface area contributed by atoms with Crippen LogP contribution in [0, 0.1) is 17.8 Å². The van der Waals surface area contributed by atoms with E-state index in [4.69, 9.17) is 0 Å². The van der Waals surface area contributed by atoms with Crippen LogP contribution in [0.15, 0.2) is 0 Å². The molecule has 0 aromatic heterocycles. The third kappa shape index (κ3) is 4.99. The van der Waals surface area contributed by atoms with Gasteiger partial charge in [0.05, 0.1) is 0 Å². The molecule has 17 heavy (non-hydrogen) atoms. The minimum atomic E-state index is 0.808. The molecule has 4 unspecified atom stereocenters. The van der Waals surface area contributed by atoms with E-state index in [1.807, 2.05) is 0 Å². The van der Waals surface area contributed by atoms with E-state index in [-0.39, 0.29) is 0 Å². The molecule has 0 spiro atoms. The van der Waals surface area contributed by atoms with Crippen LogP contribution in [0.5, 0.6) is 0 Å². The Morgan fingerprint density at radius 3 is 2.53 bits per heavy atom. The fourth-order valence-corrected chi connectivity index (χ4v) is 3.65. The molecule has 0 aliphatic heterocycles. The zero-order valence-electron chi connectivity index (χ0n) is 12.5. The second-order valence-electron chi connectivity index (χ2n) is 6.14. The largest absolute Gasteiger partial charge is 0.314 e. The molecule has 1 aliphatic carbocycles. The molecule has 0 amide bonds. The molecule has 0 aromatic carbocycles. The topological polar surface area (TPSA) is 12.0 Å². The molecule has 0 aromatic rings. The first-order chi connectivity index (χ1) is 8.21. The van der Waals surface area contributed by atoms with Gasteiger partial charge in [0.1, 0.15) is 0 Å². The van der Waals surface area contributed by atoms with Crippen molar-refractivity contribution in [1.82, 2.24) is 5.32 Å². The van der Waals surface area contributed by atoms with E-state index < -0.39 is 0 Å². The summed E-state index contributed by atoms with van der Waals surface area (Å²) in [6, 6.07) is 0.808. The van der Waals surface area contributed by atoms with Gasteiger partial charge in [-0.25, -0.2) is 0 Å². The van der Waals surface area contributed by atoms with Gasteiger partial charge in [-0.3, -0.25) is 0 Å². The first-order valence-electron chi connectivity index (χ1n) is 7.94. The number of nitrogens with one attached hydrogen (secondary N) is 1. The Morgan fingerprint density at radius 1 is 1.18 bits per heavy atom. The Bertz CT molecular complexity index is 190. The lowest BCUT2D eigenvalue weighted by atomic mass is 9.73. The van der Waals surface area contributed by atoms with Gasteiger partial charge in [-0.1, -0.05) is 47.0 Å². The molecule has 1 rings (SSSR count). The summed E-state index contributed by atoms with van der Waals surface area (Å²) >= 11 is 0. The van der Waals surface area contributed by atoms with Crippen molar-refractivity contribution in [3.63, 3.8) is 0 Å². The standard InChI is InChI=1S/C16H33N/c1-5-8-13(4)11-15-12-14(6-2)9-10-16(15)17-7-3/h13-17H,5-12H2,1-4H3. The lowest BCUT2D eigenvalue weighted by molar-refractivity contribution is 0.172. The molecule has 102 valence electrons. The zero-order chi connectivity index (χ0) is 12.7. The summed E-state index contributed by atoms with van der Waals surface area (Å²) in [4.78, 5) is 0. The third-order valence-electron chi connectivity index (χ3n) is 4.62. The fraction of sp³-hybridized carbons (Fsp3) is 1.00. The first-order valence-corrected chi connectivity index (χ1v) is 7.94. The Morgan fingerprint density at radius 2 is 1.94 bits per heavy atom. The highest BCUT2D eigenvalue weighted by Crippen LogP contribution is 2.35. The van der Waals surface area contributed by atoms with Crippen molar-refractivity contribution < 1.29 is 0 Å². The van der Waals surface area contributed by atoms with Crippen LogP contribution in [0.25, 0.3) is 0 Å².